The highest BCUT2D eigenvalue weighted by molar-refractivity contribution is 5.81. The van der Waals surface area contributed by atoms with Gasteiger partial charge in [-0.15, -0.1) is 0 Å². The molecule has 4 nitrogen and oxygen atoms in total. The lowest BCUT2D eigenvalue weighted by atomic mass is 9.91. The van der Waals surface area contributed by atoms with Gasteiger partial charge in [0.1, 0.15) is 0 Å². The largest absolute Gasteiger partial charge is 0.478 e. The number of benzene rings is 1. The van der Waals surface area contributed by atoms with Crippen molar-refractivity contribution in [1.29, 1.82) is 0 Å². The van der Waals surface area contributed by atoms with Crippen LogP contribution in [-0.2, 0) is 4.79 Å². The molecule has 1 fully saturated rings. The van der Waals surface area contributed by atoms with E-state index >= 15 is 0 Å². The van der Waals surface area contributed by atoms with Gasteiger partial charge in [-0.25, -0.2) is 4.39 Å². The second-order valence-electron chi connectivity index (χ2n) is 5.38. The van der Waals surface area contributed by atoms with E-state index in [-0.39, 0.29) is 24.3 Å². The molecule has 1 aromatic carbocycles. The van der Waals surface area contributed by atoms with Gasteiger partial charge in [-0.2, -0.15) is 0 Å². The molecule has 0 heterocycles. The first-order valence-corrected chi connectivity index (χ1v) is 7.46. The van der Waals surface area contributed by atoms with Crippen molar-refractivity contribution >= 4 is 5.91 Å². The molecule has 1 saturated carbocycles. The first-order valence-electron chi connectivity index (χ1n) is 7.46. The molecule has 5 heteroatoms. The van der Waals surface area contributed by atoms with Crippen LogP contribution >= 0.6 is 0 Å². The number of halogens is 1. The molecule has 0 spiro atoms. The van der Waals surface area contributed by atoms with Crippen molar-refractivity contribution in [2.24, 2.45) is 0 Å². The van der Waals surface area contributed by atoms with Crippen molar-refractivity contribution in [2.45, 2.75) is 44.8 Å². The van der Waals surface area contributed by atoms with Gasteiger partial charge in [0.2, 0.25) is 0 Å². The number of hydrogen-bond donors (Lipinski definition) is 1. The second kappa shape index (κ2) is 7.41. The summed E-state index contributed by atoms with van der Waals surface area (Å²) in [7, 11) is 0. The Labute approximate surface area is 124 Å². The van der Waals surface area contributed by atoms with Crippen LogP contribution in [0.4, 0.5) is 4.39 Å². The maximum Gasteiger partial charge on any atom is 0.263 e. The van der Waals surface area contributed by atoms with Crippen LogP contribution in [0.25, 0.3) is 0 Å². The minimum absolute atomic E-state index is 0.0546. The van der Waals surface area contributed by atoms with Crippen molar-refractivity contribution in [3.8, 4) is 5.75 Å². The van der Waals surface area contributed by atoms with Crippen LogP contribution in [0.3, 0.4) is 0 Å². The lowest BCUT2D eigenvalue weighted by Crippen LogP contribution is -2.49. The molecule has 1 amide bonds. The number of carbonyl (C=O) groups is 1. The fourth-order valence-electron chi connectivity index (χ4n) is 2.43. The number of rotatable bonds is 7. The van der Waals surface area contributed by atoms with Crippen molar-refractivity contribution < 1.29 is 19.0 Å². The Morgan fingerprint density at radius 1 is 1.48 bits per heavy atom. The summed E-state index contributed by atoms with van der Waals surface area (Å²) in [5.74, 6) is -0.520. The molecule has 1 aromatic rings. The monoisotopic (exact) mass is 295 g/mol. The molecule has 0 bridgehead atoms. The molecule has 1 aliphatic carbocycles. The van der Waals surface area contributed by atoms with E-state index in [4.69, 9.17) is 9.84 Å². The van der Waals surface area contributed by atoms with Gasteiger partial charge in [0, 0.05) is 19.2 Å². The van der Waals surface area contributed by atoms with Gasteiger partial charge in [-0.05, 0) is 44.7 Å². The average molecular weight is 295 g/mol. The van der Waals surface area contributed by atoms with Crippen molar-refractivity contribution in [1.82, 2.24) is 4.90 Å². The minimum Gasteiger partial charge on any atom is -0.478 e. The summed E-state index contributed by atoms with van der Waals surface area (Å²) in [5.41, 5.74) is 0. The van der Waals surface area contributed by atoms with Gasteiger partial charge in [0.05, 0.1) is 0 Å². The van der Waals surface area contributed by atoms with Crippen LogP contribution in [-0.4, -0.2) is 41.2 Å². The van der Waals surface area contributed by atoms with Crippen LogP contribution in [0.5, 0.6) is 5.75 Å². The number of para-hydroxylation sites is 1. The molecule has 0 radical (unpaired) electrons. The highest BCUT2D eigenvalue weighted by Crippen LogP contribution is 2.26. The molecule has 21 heavy (non-hydrogen) atoms. The van der Waals surface area contributed by atoms with Crippen LogP contribution in [0.1, 0.15) is 32.6 Å². The molecule has 2 rings (SSSR count). The van der Waals surface area contributed by atoms with Gasteiger partial charge in [0.15, 0.2) is 17.7 Å². The zero-order valence-electron chi connectivity index (χ0n) is 12.3. The van der Waals surface area contributed by atoms with Gasteiger partial charge in [0.25, 0.3) is 5.91 Å². The fourth-order valence-corrected chi connectivity index (χ4v) is 2.43. The molecule has 0 aliphatic heterocycles. The van der Waals surface area contributed by atoms with Crippen LogP contribution in [0.2, 0.25) is 0 Å². The zero-order valence-corrected chi connectivity index (χ0v) is 12.3. The van der Waals surface area contributed by atoms with Gasteiger partial charge in [-0.1, -0.05) is 12.1 Å². The molecule has 116 valence electrons. The lowest BCUT2D eigenvalue weighted by Gasteiger charge is -2.38. The fraction of sp³-hybridized carbons (Fsp3) is 0.562. The van der Waals surface area contributed by atoms with Gasteiger partial charge in [-0.3, -0.25) is 4.79 Å². The third kappa shape index (κ3) is 3.94. The van der Waals surface area contributed by atoms with E-state index in [1.54, 1.807) is 24.0 Å². The van der Waals surface area contributed by atoms with E-state index in [1.165, 1.54) is 12.1 Å². The summed E-state index contributed by atoms with van der Waals surface area (Å²) >= 11 is 0. The summed E-state index contributed by atoms with van der Waals surface area (Å²) in [5, 5.41) is 8.96. The normalized spacial score (nSPS) is 16.1. The van der Waals surface area contributed by atoms with E-state index in [0.717, 1.165) is 19.3 Å². The minimum atomic E-state index is -0.735. The van der Waals surface area contributed by atoms with E-state index in [2.05, 4.69) is 0 Å². The van der Waals surface area contributed by atoms with E-state index in [9.17, 15) is 9.18 Å². The molecular formula is C16H22FNO3. The quantitative estimate of drug-likeness (QED) is 0.840. The number of carbonyl (C=O) groups excluding carboxylic acids is 1. The summed E-state index contributed by atoms with van der Waals surface area (Å²) in [6.45, 7) is 2.21. The summed E-state index contributed by atoms with van der Waals surface area (Å²) in [4.78, 5) is 14.3. The summed E-state index contributed by atoms with van der Waals surface area (Å²) < 4.78 is 19.0. The second-order valence-corrected chi connectivity index (χ2v) is 5.38. The number of nitrogens with zero attached hydrogens (tertiary/aromatic N) is 1. The number of aliphatic hydroxyl groups excluding tert-OH is 1. The van der Waals surface area contributed by atoms with Gasteiger partial charge < -0.3 is 14.7 Å². The van der Waals surface area contributed by atoms with Crippen LogP contribution in [0, 0.1) is 5.82 Å². The summed E-state index contributed by atoms with van der Waals surface area (Å²) in [6, 6.07) is 6.31. The van der Waals surface area contributed by atoms with E-state index < -0.39 is 11.9 Å². The predicted octanol–water partition coefficient (Wildman–Crippen LogP) is 2.36. The van der Waals surface area contributed by atoms with Crippen molar-refractivity contribution in [3.63, 3.8) is 0 Å². The number of amides is 1. The Balaban J connectivity index is 2.00. The van der Waals surface area contributed by atoms with Crippen molar-refractivity contribution in [3.05, 3.63) is 30.1 Å². The van der Waals surface area contributed by atoms with Crippen LogP contribution in [0.15, 0.2) is 24.3 Å². The van der Waals surface area contributed by atoms with Crippen LogP contribution < -0.4 is 4.74 Å². The molecular weight excluding hydrogens is 273 g/mol. The molecule has 1 atom stereocenters. The highest BCUT2D eigenvalue weighted by Gasteiger charge is 2.31. The Hall–Kier alpha value is -1.62. The molecule has 0 saturated heterocycles. The first kappa shape index (κ1) is 15.8. The molecule has 1 aliphatic rings. The number of aliphatic hydroxyl groups is 1. The highest BCUT2D eigenvalue weighted by atomic mass is 19.1. The lowest BCUT2D eigenvalue weighted by molar-refractivity contribution is -0.142. The Kier molecular flexibility index (Phi) is 5.56. The standard InChI is InChI=1S/C16H22FNO3/c1-12(21-15-9-3-2-8-14(15)17)16(20)18(10-5-11-19)13-6-4-7-13/h2-3,8-9,12-13,19H,4-7,10-11H2,1H3. The maximum atomic E-state index is 13.6. The van der Waals surface area contributed by atoms with Gasteiger partial charge >= 0.3 is 0 Å². The van der Waals surface area contributed by atoms with E-state index in [0.29, 0.717) is 13.0 Å². The molecule has 1 N–H and O–H groups in total. The zero-order chi connectivity index (χ0) is 15.2. The number of ether oxygens (including phenoxy) is 1. The summed E-state index contributed by atoms with van der Waals surface area (Å²) in [6.07, 6.45) is 2.92. The Morgan fingerprint density at radius 3 is 2.76 bits per heavy atom. The Morgan fingerprint density at radius 2 is 2.19 bits per heavy atom. The molecule has 0 aromatic heterocycles. The Bertz CT molecular complexity index is 476. The third-order valence-corrected chi connectivity index (χ3v) is 3.84. The first-order chi connectivity index (χ1) is 10.1. The number of hydrogen-bond acceptors (Lipinski definition) is 3. The average Bonchev–Trinajstić information content (AvgIpc) is 2.43. The predicted molar refractivity (Wildman–Crippen MR) is 77.5 cm³/mol. The smallest absolute Gasteiger partial charge is 0.263 e. The molecule has 1 unspecified atom stereocenters. The SMILES string of the molecule is CC(Oc1ccccc1F)C(=O)N(CCCO)C1CCC1. The van der Waals surface area contributed by atoms with E-state index in [1.807, 2.05) is 0 Å². The topological polar surface area (TPSA) is 49.8 Å². The maximum absolute atomic E-state index is 13.6. The third-order valence-electron chi connectivity index (χ3n) is 3.84. The van der Waals surface area contributed by atoms with Crippen molar-refractivity contribution in [2.75, 3.05) is 13.2 Å².